The van der Waals surface area contributed by atoms with Crippen LogP contribution in [-0.2, 0) is 0 Å². The van der Waals surface area contributed by atoms with Crippen LogP contribution in [0.5, 0.6) is 0 Å². The minimum Gasteiger partial charge on any atom is -0.393 e. The molecule has 92 valence electrons. The van der Waals surface area contributed by atoms with E-state index < -0.39 is 0 Å². The van der Waals surface area contributed by atoms with Gasteiger partial charge in [0.2, 0.25) is 0 Å². The van der Waals surface area contributed by atoms with Crippen LogP contribution in [0.4, 0.5) is 0 Å². The molecule has 1 aliphatic heterocycles. The van der Waals surface area contributed by atoms with E-state index in [1.54, 1.807) is 0 Å². The van der Waals surface area contributed by atoms with Gasteiger partial charge in [-0.05, 0) is 32.2 Å². The minimum atomic E-state index is 0.440. The number of rotatable bonds is 4. The summed E-state index contributed by atoms with van der Waals surface area (Å²) < 4.78 is 0. The second-order valence-electron chi connectivity index (χ2n) is 5.72. The van der Waals surface area contributed by atoms with Gasteiger partial charge in [0.25, 0.3) is 0 Å². The van der Waals surface area contributed by atoms with Gasteiger partial charge in [-0.2, -0.15) is 0 Å². The van der Waals surface area contributed by atoms with Gasteiger partial charge in [-0.15, -0.1) is 0 Å². The lowest BCUT2D eigenvalue weighted by atomic mass is 10.00. The van der Waals surface area contributed by atoms with Crippen molar-refractivity contribution in [3.8, 4) is 0 Å². The maximum Gasteiger partial charge on any atom is 0.0733 e. The third-order valence-corrected chi connectivity index (χ3v) is 4.16. The Balaban J connectivity index is 1.87. The van der Waals surface area contributed by atoms with Gasteiger partial charge >= 0.3 is 0 Å². The molecule has 0 aromatic rings. The van der Waals surface area contributed by atoms with E-state index in [1.807, 2.05) is 0 Å². The molecule has 3 nitrogen and oxygen atoms in total. The fourth-order valence-corrected chi connectivity index (χ4v) is 3.09. The molecule has 1 saturated carbocycles. The molecule has 0 radical (unpaired) electrons. The molecule has 1 aliphatic carbocycles. The maximum absolute atomic E-state index is 5.69. The van der Waals surface area contributed by atoms with Crippen LogP contribution in [0.25, 0.3) is 0 Å². The molecular weight excluding hydrogens is 218 g/mol. The fourth-order valence-electron chi connectivity index (χ4n) is 2.78. The van der Waals surface area contributed by atoms with Gasteiger partial charge in [-0.1, -0.05) is 12.2 Å². The molecule has 1 heterocycles. The first-order valence-electron chi connectivity index (χ1n) is 6.22. The largest absolute Gasteiger partial charge is 0.393 e. The Morgan fingerprint density at radius 3 is 2.62 bits per heavy atom. The van der Waals surface area contributed by atoms with E-state index in [-0.39, 0.29) is 0 Å². The summed E-state index contributed by atoms with van der Waals surface area (Å²) >= 11 is 5.05. The molecule has 4 heteroatoms. The van der Waals surface area contributed by atoms with Crippen LogP contribution in [0.1, 0.15) is 26.2 Å². The van der Waals surface area contributed by atoms with Crippen LogP contribution in [0, 0.1) is 5.41 Å². The zero-order chi connectivity index (χ0) is 11.8. The summed E-state index contributed by atoms with van der Waals surface area (Å²) in [6.45, 7) is 7.08. The summed E-state index contributed by atoms with van der Waals surface area (Å²) in [5.41, 5.74) is 6.13. The second-order valence-corrected chi connectivity index (χ2v) is 6.25. The molecule has 0 amide bonds. The summed E-state index contributed by atoms with van der Waals surface area (Å²) in [5, 5.41) is 0. The molecule has 2 aliphatic rings. The summed E-state index contributed by atoms with van der Waals surface area (Å²) in [4.78, 5) is 5.72. The van der Waals surface area contributed by atoms with Crippen LogP contribution in [0.3, 0.4) is 0 Å². The predicted octanol–water partition coefficient (Wildman–Crippen LogP) is 1.08. The number of likely N-dealkylation sites (N-methyl/N-ethyl adjacent to an activating group) is 1. The minimum absolute atomic E-state index is 0.440. The van der Waals surface area contributed by atoms with Gasteiger partial charge in [0.15, 0.2) is 0 Å². The molecule has 1 saturated heterocycles. The lowest BCUT2D eigenvalue weighted by molar-refractivity contribution is 0.0814. The topological polar surface area (TPSA) is 32.5 Å². The molecule has 16 heavy (non-hydrogen) atoms. The van der Waals surface area contributed by atoms with Crippen molar-refractivity contribution in [1.29, 1.82) is 0 Å². The van der Waals surface area contributed by atoms with Crippen molar-refractivity contribution in [3.05, 3.63) is 0 Å². The molecule has 1 unspecified atom stereocenters. The molecular formula is C12H23N3S. The predicted molar refractivity (Wildman–Crippen MR) is 71.6 cm³/mol. The van der Waals surface area contributed by atoms with Crippen LogP contribution < -0.4 is 5.73 Å². The average molecular weight is 241 g/mol. The Kier molecular flexibility index (Phi) is 3.52. The molecule has 0 bridgehead atoms. The number of hydrogen-bond acceptors (Lipinski definition) is 3. The second kappa shape index (κ2) is 4.59. The van der Waals surface area contributed by atoms with E-state index in [9.17, 15) is 0 Å². The highest BCUT2D eigenvalue weighted by molar-refractivity contribution is 7.80. The number of piperazine rings is 1. The van der Waals surface area contributed by atoms with E-state index in [2.05, 4.69) is 23.8 Å². The van der Waals surface area contributed by atoms with Crippen molar-refractivity contribution in [2.75, 3.05) is 33.2 Å². The maximum atomic E-state index is 5.69. The Morgan fingerprint density at radius 1 is 1.44 bits per heavy atom. The highest BCUT2D eigenvalue weighted by Crippen LogP contribution is 2.49. The first kappa shape index (κ1) is 12.3. The van der Waals surface area contributed by atoms with E-state index in [1.165, 1.54) is 39.0 Å². The lowest BCUT2D eigenvalue weighted by Crippen LogP contribution is -2.52. The zero-order valence-corrected chi connectivity index (χ0v) is 11.2. The van der Waals surface area contributed by atoms with Gasteiger partial charge in [-0.25, -0.2) is 0 Å². The first-order chi connectivity index (χ1) is 7.51. The van der Waals surface area contributed by atoms with Crippen LogP contribution in [-0.4, -0.2) is 54.1 Å². The van der Waals surface area contributed by atoms with Crippen molar-refractivity contribution in [1.82, 2.24) is 9.80 Å². The Labute approximate surface area is 104 Å². The SMILES string of the molecule is CC1CN(C)CCN1CC1(CC(N)=S)CC1. The van der Waals surface area contributed by atoms with Gasteiger partial charge in [0.05, 0.1) is 4.99 Å². The molecule has 0 aromatic heterocycles. The van der Waals surface area contributed by atoms with Crippen molar-refractivity contribution >= 4 is 17.2 Å². The van der Waals surface area contributed by atoms with Crippen LogP contribution >= 0.6 is 12.2 Å². The molecule has 0 spiro atoms. The summed E-state index contributed by atoms with van der Waals surface area (Å²) in [7, 11) is 2.20. The summed E-state index contributed by atoms with van der Waals surface area (Å²) in [6.07, 6.45) is 3.56. The fraction of sp³-hybridized carbons (Fsp3) is 0.917. The smallest absolute Gasteiger partial charge is 0.0733 e. The third kappa shape index (κ3) is 2.93. The van der Waals surface area contributed by atoms with E-state index in [0.29, 0.717) is 16.4 Å². The van der Waals surface area contributed by atoms with Crippen molar-refractivity contribution in [3.63, 3.8) is 0 Å². The Bertz CT molecular complexity index is 275. The highest BCUT2D eigenvalue weighted by atomic mass is 32.1. The van der Waals surface area contributed by atoms with E-state index in [4.69, 9.17) is 18.0 Å². The highest BCUT2D eigenvalue weighted by Gasteiger charge is 2.45. The van der Waals surface area contributed by atoms with Crippen LogP contribution in [0.15, 0.2) is 0 Å². The van der Waals surface area contributed by atoms with Crippen molar-refractivity contribution < 1.29 is 0 Å². The van der Waals surface area contributed by atoms with Crippen molar-refractivity contribution in [2.24, 2.45) is 11.1 Å². The van der Waals surface area contributed by atoms with Gasteiger partial charge in [-0.3, -0.25) is 4.90 Å². The van der Waals surface area contributed by atoms with Crippen LogP contribution in [0.2, 0.25) is 0 Å². The molecule has 2 fully saturated rings. The summed E-state index contributed by atoms with van der Waals surface area (Å²) in [5.74, 6) is 0. The van der Waals surface area contributed by atoms with Gasteiger partial charge < -0.3 is 10.6 Å². The molecule has 2 N–H and O–H groups in total. The average Bonchev–Trinajstić information content (AvgIpc) is 2.89. The first-order valence-corrected chi connectivity index (χ1v) is 6.62. The molecule has 2 rings (SSSR count). The quantitative estimate of drug-likeness (QED) is 0.747. The normalized spacial score (nSPS) is 30.2. The van der Waals surface area contributed by atoms with Crippen molar-refractivity contribution in [2.45, 2.75) is 32.2 Å². The standard InChI is InChI=1S/C12H23N3S/c1-10-8-14(2)5-6-15(10)9-12(3-4-12)7-11(13)16/h10H,3-9H2,1-2H3,(H2,13,16). The van der Waals surface area contributed by atoms with E-state index in [0.717, 1.165) is 6.42 Å². The Morgan fingerprint density at radius 2 is 2.12 bits per heavy atom. The van der Waals surface area contributed by atoms with Gasteiger partial charge in [0, 0.05) is 38.6 Å². The third-order valence-electron chi connectivity index (χ3n) is 4.01. The number of thiocarbonyl (C=S) groups is 1. The van der Waals surface area contributed by atoms with E-state index >= 15 is 0 Å². The number of hydrogen-bond donors (Lipinski definition) is 1. The summed E-state index contributed by atoms with van der Waals surface area (Å²) in [6, 6.07) is 0.669. The molecule has 1 atom stereocenters. The number of nitrogens with two attached hydrogens (primary N) is 1. The monoisotopic (exact) mass is 241 g/mol. The number of nitrogens with zero attached hydrogens (tertiary/aromatic N) is 2. The lowest BCUT2D eigenvalue weighted by Gasteiger charge is -2.40. The molecule has 0 aromatic carbocycles. The zero-order valence-electron chi connectivity index (χ0n) is 10.4. The van der Waals surface area contributed by atoms with Gasteiger partial charge in [0.1, 0.15) is 0 Å². The Hall–Kier alpha value is -0.190.